The molecule has 1 fully saturated rings. The fourth-order valence-electron chi connectivity index (χ4n) is 2.76. The number of hydrogen-bond donors (Lipinski definition) is 2. The van der Waals surface area contributed by atoms with Crippen LogP contribution in [-0.2, 0) is 16.3 Å². The van der Waals surface area contributed by atoms with Gasteiger partial charge < -0.3 is 20.1 Å². The van der Waals surface area contributed by atoms with Gasteiger partial charge in [-0.05, 0) is 37.5 Å². The number of benzene rings is 1. The van der Waals surface area contributed by atoms with Crippen molar-refractivity contribution < 1.29 is 17.9 Å². The third-order valence-corrected chi connectivity index (χ3v) is 5.80. The van der Waals surface area contributed by atoms with E-state index >= 15 is 0 Å². The Morgan fingerprint density at radius 1 is 1.27 bits per heavy atom. The van der Waals surface area contributed by atoms with Gasteiger partial charge >= 0.3 is 0 Å². The minimum atomic E-state index is -2.90. The highest BCUT2D eigenvalue weighted by Crippen LogP contribution is 2.27. The van der Waals surface area contributed by atoms with Crippen LogP contribution in [0.1, 0.15) is 18.9 Å². The Morgan fingerprint density at radius 3 is 2.58 bits per heavy atom. The van der Waals surface area contributed by atoms with Crippen LogP contribution in [0.5, 0.6) is 11.5 Å². The van der Waals surface area contributed by atoms with E-state index in [-0.39, 0.29) is 41.5 Å². The molecule has 148 valence electrons. The molecule has 2 rings (SSSR count). The molecule has 0 bridgehead atoms. The van der Waals surface area contributed by atoms with E-state index in [1.165, 1.54) is 0 Å². The number of nitrogens with one attached hydrogen (secondary N) is 2. The number of rotatable bonds is 7. The van der Waals surface area contributed by atoms with Gasteiger partial charge in [0.15, 0.2) is 27.3 Å². The summed E-state index contributed by atoms with van der Waals surface area (Å²) in [6, 6.07) is 5.74. The zero-order chi connectivity index (χ0) is 18.3. The lowest BCUT2D eigenvalue weighted by Gasteiger charge is -2.16. The minimum Gasteiger partial charge on any atom is -0.493 e. The molecule has 2 N–H and O–H groups in total. The van der Waals surface area contributed by atoms with Crippen LogP contribution in [0.15, 0.2) is 23.2 Å². The molecule has 0 radical (unpaired) electrons. The smallest absolute Gasteiger partial charge is 0.191 e. The van der Waals surface area contributed by atoms with Gasteiger partial charge in [-0.15, -0.1) is 24.0 Å². The van der Waals surface area contributed by atoms with Crippen molar-refractivity contribution in [3.63, 3.8) is 0 Å². The van der Waals surface area contributed by atoms with Gasteiger partial charge in [0.05, 0.1) is 25.7 Å². The Labute approximate surface area is 172 Å². The van der Waals surface area contributed by atoms with E-state index in [2.05, 4.69) is 15.6 Å². The van der Waals surface area contributed by atoms with E-state index in [0.29, 0.717) is 30.4 Å². The molecule has 1 unspecified atom stereocenters. The number of aliphatic imine (C=N–C) groups is 1. The Hall–Kier alpha value is -1.23. The summed E-state index contributed by atoms with van der Waals surface area (Å²) >= 11 is 0. The van der Waals surface area contributed by atoms with Crippen molar-refractivity contribution in [3.05, 3.63) is 23.8 Å². The third-order valence-electron chi connectivity index (χ3n) is 4.04. The number of ether oxygens (including phenoxy) is 2. The lowest BCUT2D eigenvalue weighted by atomic mass is 10.1. The molecule has 0 spiro atoms. The van der Waals surface area contributed by atoms with Crippen molar-refractivity contribution in [2.24, 2.45) is 4.99 Å². The first-order valence-electron chi connectivity index (χ1n) is 8.43. The molecule has 1 aliphatic rings. The topological polar surface area (TPSA) is 89.0 Å². The fourth-order valence-corrected chi connectivity index (χ4v) is 4.43. The van der Waals surface area contributed by atoms with E-state index in [9.17, 15) is 8.42 Å². The summed E-state index contributed by atoms with van der Waals surface area (Å²) in [6.45, 7) is 3.29. The summed E-state index contributed by atoms with van der Waals surface area (Å²) in [5.74, 6) is 2.48. The average Bonchev–Trinajstić information content (AvgIpc) is 2.93. The maximum absolute atomic E-state index is 11.6. The summed E-state index contributed by atoms with van der Waals surface area (Å²) in [5, 5.41) is 6.38. The van der Waals surface area contributed by atoms with Gasteiger partial charge in [-0.2, -0.15) is 0 Å². The maximum atomic E-state index is 11.6. The molecule has 1 atom stereocenters. The molecule has 0 aliphatic carbocycles. The van der Waals surface area contributed by atoms with E-state index in [1.54, 1.807) is 14.2 Å². The Balaban J connectivity index is 0.00000338. The lowest BCUT2D eigenvalue weighted by molar-refractivity contribution is 0.354. The van der Waals surface area contributed by atoms with Crippen LogP contribution < -0.4 is 20.1 Å². The Bertz CT molecular complexity index is 710. The van der Waals surface area contributed by atoms with Gasteiger partial charge in [-0.3, -0.25) is 4.99 Å². The highest BCUT2D eigenvalue weighted by Gasteiger charge is 2.28. The second-order valence-electron chi connectivity index (χ2n) is 5.94. The predicted molar refractivity (Wildman–Crippen MR) is 115 cm³/mol. The normalized spacial score (nSPS) is 18.7. The summed E-state index contributed by atoms with van der Waals surface area (Å²) in [5.41, 5.74) is 1.10. The molecule has 9 heteroatoms. The van der Waals surface area contributed by atoms with Crippen LogP contribution >= 0.6 is 24.0 Å². The molecule has 1 aromatic rings. The molecule has 0 amide bonds. The van der Waals surface area contributed by atoms with E-state index < -0.39 is 9.84 Å². The molecule has 1 saturated heterocycles. The Morgan fingerprint density at radius 2 is 2.00 bits per heavy atom. The summed E-state index contributed by atoms with van der Waals surface area (Å²) in [6.07, 6.45) is 1.38. The van der Waals surface area contributed by atoms with Crippen LogP contribution in [0.25, 0.3) is 0 Å². The molecule has 1 aromatic carbocycles. The first-order valence-corrected chi connectivity index (χ1v) is 10.3. The number of hydrogen-bond acceptors (Lipinski definition) is 5. The van der Waals surface area contributed by atoms with Crippen molar-refractivity contribution in [3.8, 4) is 11.5 Å². The molecule has 1 heterocycles. The molecular weight excluding hydrogens is 469 g/mol. The fraction of sp³-hybridized carbons (Fsp3) is 0.588. The molecular formula is C17H28IN3O4S. The van der Waals surface area contributed by atoms with Gasteiger partial charge in [-0.25, -0.2) is 8.42 Å². The van der Waals surface area contributed by atoms with Crippen LogP contribution in [0, 0.1) is 0 Å². The summed E-state index contributed by atoms with van der Waals surface area (Å²) in [4.78, 5) is 4.55. The first-order chi connectivity index (χ1) is 12.0. The number of guanidine groups is 1. The van der Waals surface area contributed by atoms with Gasteiger partial charge in [-0.1, -0.05) is 6.07 Å². The maximum Gasteiger partial charge on any atom is 0.191 e. The van der Waals surface area contributed by atoms with Crippen LogP contribution in [-0.4, -0.2) is 59.2 Å². The number of sulfone groups is 1. The van der Waals surface area contributed by atoms with Crippen molar-refractivity contribution in [1.82, 2.24) is 10.6 Å². The SMILES string of the molecule is CCNC(=NCCc1ccc(OC)c(OC)c1)NC1CCS(=O)(=O)C1.I. The molecule has 7 nitrogen and oxygen atoms in total. The zero-order valence-corrected chi connectivity index (χ0v) is 18.6. The highest BCUT2D eigenvalue weighted by molar-refractivity contribution is 14.0. The highest BCUT2D eigenvalue weighted by atomic mass is 127. The quantitative estimate of drug-likeness (QED) is 0.338. The van der Waals surface area contributed by atoms with Crippen molar-refractivity contribution >= 4 is 39.8 Å². The first kappa shape index (κ1) is 22.8. The molecule has 0 saturated carbocycles. The summed E-state index contributed by atoms with van der Waals surface area (Å²) < 4.78 is 33.7. The zero-order valence-electron chi connectivity index (χ0n) is 15.4. The minimum absolute atomic E-state index is 0. The van der Waals surface area contributed by atoms with Crippen LogP contribution in [0.2, 0.25) is 0 Å². The molecule has 26 heavy (non-hydrogen) atoms. The third kappa shape index (κ3) is 6.82. The Kier molecular flexibility index (Phi) is 9.48. The largest absolute Gasteiger partial charge is 0.493 e. The van der Waals surface area contributed by atoms with Crippen molar-refractivity contribution in [1.29, 1.82) is 0 Å². The summed E-state index contributed by atoms with van der Waals surface area (Å²) in [7, 11) is 0.319. The number of methoxy groups -OCH3 is 2. The average molecular weight is 497 g/mol. The van der Waals surface area contributed by atoms with Crippen LogP contribution in [0.4, 0.5) is 0 Å². The monoisotopic (exact) mass is 497 g/mol. The van der Waals surface area contributed by atoms with Gasteiger partial charge in [0.1, 0.15) is 0 Å². The van der Waals surface area contributed by atoms with Gasteiger partial charge in [0.25, 0.3) is 0 Å². The van der Waals surface area contributed by atoms with E-state index in [1.807, 2.05) is 25.1 Å². The van der Waals surface area contributed by atoms with Crippen LogP contribution in [0.3, 0.4) is 0 Å². The second kappa shape index (κ2) is 10.8. The van der Waals surface area contributed by atoms with Gasteiger partial charge in [0, 0.05) is 19.1 Å². The number of halogens is 1. The van der Waals surface area contributed by atoms with Crippen molar-refractivity contribution in [2.45, 2.75) is 25.8 Å². The van der Waals surface area contributed by atoms with Crippen molar-refractivity contribution in [2.75, 3.05) is 38.8 Å². The lowest BCUT2D eigenvalue weighted by Crippen LogP contribution is -2.44. The van der Waals surface area contributed by atoms with E-state index in [4.69, 9.17) is 9.47 Å². The molecule has 1 aliphatic heterocycles. The van der Waals surface area contributed by atoms with E-state index in [0.717, 1.165) is 18.5 Å². The standard InChI is InChI=1S/C17H27N3O4S.HI/c1-4-18-17(20-14-8-10-25(21,22)12-14)19-9-7-13-5-6-15(23-2)16(11-13)24-3;/h5-6,11,14H,4,7-10,12H2,1-3H3,(H2,18,19,20);1H. The molecule has 0 aromatic heterocycles. The predicted octanol–water partition coefficient (Wildman–Crippen LogP) is 1.61. The second-order valence-corrected chi connectivity index (χ2v) is 8.17. The number of nitrogens with zero attached hydrogens (tertiary/aromatic N) is 1. The van der Waals surface area contributed by atoms with Gasteiger partial charge in [0.2, 0.25) is 0 Å².